The third-order valence-corrected chi connectivity index (χ3v) is 5.78. The molecule has 1 fully saturated rings. The van der Waals surface area contributed by atoms with Crippen molar-refractivity contribution in [3.63, 3.8) is 0 Å². The van der Waals surface area contributed by atoms with Gasteiger partial charge in [-0.05, 0) is 29.8 Å². The second-order valence-corrected chi connectivity index (χ2v) is 8.59. The summed E-state index contributed by atoms with van der Waals surface area (Å²) < 4.78 is 82.8. The van der Waals surface area contributed by atoms with E-state index in [2.05, 4.69) is 15.2 Å². The van der Waals surface area contributed by atoms with Crippen molar-refractivity contribution in [2.45, 2.75) is 37.9 Å². The van der Waals surface area contributed by atoms with Crippen molar-refractivity contribution in [1.82, 2.24) is 15.1 Å². The smallest absolute Gasteiger partial charge is 0.356 e. The maximum Gasteiger partial charge on any atom is 0.423 e. The van der Waals surface area contributed by atoms with Crippen LogP contribution in [0.2, 0.25) is 0 Å². The predicted octanol–water partition coefficient (Wildman–Crippen LogP) is 4.80. The van der Waals surface area contributed by atoms with E-state index in [0.717, 1.165) is 0 Å². The molecule has 0 unspecified atom stereocenters. The molecule has 1 aliphatic heterocycles. The van der Waals surface area contributed by atoms with Crippen molar-refractivity contribution in [3.8, 4) is 16.9 Å². The monoisotopic (exact) mass is 525 g/mol. The van der Waals surface area contributed by atoms with Gasteiger partial charge in [-0.2, -0.15) is 31.4 Å². The van der Waals surface area contributed by atoms with Gasteiger partial charge in [-0.3, -0.25) is 9.59 Å². The molecular weight excluding hydrogens is 504 g/mol. The summed E-state index contributed by atoms with van der Waals surface area (Å²) in [6.45, 7) is -0.673. The summed E-state index contributed by atoms with van der Waals surface area (Å²) in [7, 11) is 0. The molecule has 12 heteroatoms. The topological polar surface area (TPSA) is 73.2 Å². The average Bonchev–Trinajstić information content (AvgIpc) is 3.45. The Morgan fingerprint density at radius 2 is 1.73 bits per heavy atom. The van der Waals surface area contributed by atoms with E-state index < -0.39 is 31.0 Å². The molecule has 0 aliphatic carbocycles. The van der Waals surface area contributed by atoms with E-state index in [1.54, 1.807) is 42.5 Å². The number of amides is 1. The van der Waals surface area contributed by atoms with Crippen LogP contribution < -0.4 is 5.32 Å². The third-order valence-electron chi connectivity index (χ3n) is 5.78. The van der Waals surface area contributed by atoms with Crippen molar-refractivity contribution in [1.29, 1.82) is 0 Å². The number of halogens is 6. The molecule has 1 aliphatic rings. The first-order valence-electron chi connectivity index (χ1n) is 11.2. The fourth-order valence-corrected chi connectivity index (χ4v) is 4.02. The number of alkyl halides is 6. The van der Waals surface area contributed by atoms with Crippen LogP contribution in [0.3, 0.4) is 0 Å². The quantitative estimate of drug-likeness (QED) is 0.429. The van der Waals surface area contributed by atoms with Crippen LogP contribution in [0.25, 0.3) is 16.9 Å². The van der Waals surface area contributed by atoms with Crippen LogP contribution in [-0.4, -0.2) is 46.5 Å². The first-order chi connectivity index (χ1) is 17.4. The zero-order valence-corrected chi connectivity index (χ0v) is 19.1. The van der Waals surface area contributed by atoms with E-state index in [1.165, 1.54) is 22.9 Å². The molecule has 2 heterocycles. The zero-order chi connectivity index (χ0) is 26.8. The number of hydrogen-bond donors (Lipinski definition) is 1. The Labute approximate surface area is 207 Å². The van der Waals surface area contributed by atoms with Gasteiger partial charge in [0.05, 0.1) is 30.1 Å². The standard InChI is InChI=1S/C25H21F6N3O3/c26-24(27,28)23(25(29,30)31)37-14-15-5-4-6-16(9-15)20-11-18(12-21(35)17-10-22(36)32-13-17)33-34(20)19-7-2-1-3-8-19/h1-9,11,17,23H,10,12-14H2,(H,32,36)/t17-/m0/s1. The highest BCUT2D eigenvalue weighted by Crippen LogP contribution is 2.36. The van der Waals surface area contributed by atoms with Gasteiger partial charge in [0.25, 0.3) is 0 Å². The Morgan fingerprint density at radius 1 is 1.03 bits per heavy atom. The average molecular weight is 525 g/mol. The number of carbonyl (C=O) groups is 2. The van der Waals surface area contributed by atoms with Crippen LogP contribution in [0.1, 0.15) is 17.7 Å². The molecule has 1 atom stereocenters. The van der Waals surface area contributed by atoms with Gasteiger partial charge in [-0.25, -0.2) is 4.68 Å². The fourth-order valence-electron chi connectivity index (χ4n) is 4.02. The van der Waals surface area contributed by atoms with Gasteiger partial charge in [0, 0.05) is 24.4 Å². The van der Waals surface area contributed by atoms with Gasteiger partial charge in [-0.15, -0.1) is 0 Å². The number of benzene rings is 2. The highest BCUT2D eigenvalue weighted by molar-refractivity contribution is 5.91. The number of ether oxygens (including phenoxy) is 1. The van der Waals surface area contributed by atoms with Crippen molar-refractivity contribution >= 4 is 11.7 Å². The number of hydrogen-bond acceptors (Lipinski definition) is 4. The summed E-state index contributed by atoms with van der Waals surface area (Å²) in [4.78, 5) is 24.1. The molecule has 0 radical (unpaired) electrons. The number of ketones is 1. The van der Waals surface area contributed by atoms with E-state index in [1.807, 2.05) is 0 Å². The molecule has 37 heavy (non-hydrogen) atoms. The van der Waals surface area contributed by atoms with Gasteiger partial charge in [0.15, 0.2) is 0 Å². The lowest BCUT2D eigenvalue weighted by molar-refractivity contribution is -0.324. The molecule has 1 aromatic heterocycles. The maximum atomic E-state index is 12.8. The number of para-hydroxylation sites is 1. The Morgan fingerprint density at radius 3 is 2.35 bits per heavy atom. The molecule has 2 aromatic carbocycles. The number of Topliss-reactive ketones (excluding diaryl/α,β-unsaturated/α-hetero) is 1. The molecule has 1 N–H and O–H groups in total. The molecule has 0 spiro atoms. The minimum atomic E-state index is -5.61. The number of nitrogens with one attached hydrogen (secondary N) is 1. The molecule has 196 valence electrons. The van der Waals surface area contributed by atoms with E-state index in [9.17, 15) is 35.9 Å². The second kappa shape index (κ2) is 10.4. The van der Waals surface area contributed by atoms with Crippen LogP contribution in [0.15, 0.2) is 60.7 Å². The summed E-state index contributed by atoms with van der Waals surface area (Å²) in [6, 6.07) is 16.3. The highest BCUT2D eigenvalue weighted by atomic mass is 19.4. The predicted molar refractivity (Wildman–Crippen MR) is 120 cm³/mol. The minimum absolute atomic E-state index is 0.0475. The molecule has 3 aromatic rings. The lowest BCUT2D eigenvalue weighted by Gasteiger charge is -2.23. The third kappa shape index (κ3) is 6.37. The highest BCUT2D eigenvalue weighted by Gasteiger charge is 2.57. The van der Waals surface area contributed by atoms with Gasteiger partial charge >= 0.3 is 12.4 Å². The fraction of sp³-hybridized carbons (Fsp3) is 0.320. The first-order valence-corrected chi connectivity index (χ1v) is 11.2. The van der Waals surface area contributed by atoms with Gasteiger partial charge in [0.2, 0.25) is 12.0 Å². The van der Waals surface area contributed by atoms with E-state index in [4.69, 9.17) is 0 Å². The van der Waals surface area contributed by atoms with E-state index in [-0.39, 0.29) is 36.6 Å². The molecular formula is C25H21F6N3O3. The molecule has 4 rings (SSSR count). The van der Waals surface area contributed by atoms with Gasteiger partial charge in [0.1, 0.15) is 5.78 Å². The van der Waals surface area contributed by atoms with Gasteiger partial charge < -0.3 is 10.1 Å². The number of rotatable bonds is 8. The minimum Gasteiger partial charge on any atom is -0.356 e. The Balaban J connectivity index is 1.62. The molecule has 1 amide bonds. The van der Waals surface area contributed by atoms with Crippen LogP contribution in [0, 0.1) is 5.92 Å². The van der Waals surface area contributed by atoms with Gasteiger partial charge in [-0.1, -0.05) is 36.4 Å². The second-order valence-electron chi connectivity index (χ2n) is 8.59. The molecule has 0 bridgehead atoms. The van der Waals surface area contributed by atoms with E-state index >= 15 is 0 Å². The largest absolute Gasteiger partial charge is 0.423 e. The number of carbonyl (C=O) groups excluding carboxylic acids is 2. The van der Waals surface area contributed by atoms with Crippen molar-refractivity contribution in [3.05, 3.63) is 71.9 Å². The molecule has 6 nitrogen and oxygen atoms in total. The lowest BCUT2D eigenvalue weighted by atomic mass is 9.99. The Hall–Kier alpha value is -3.67. The Kier molecular flexibility index (Phi) is 7.39. The first kappa shape index (κ1) is 26.4. The van der Waals surface area contributed by atoms with Crippen molar-refractivity contribution < 1.29 is 40.7 Å². The van der Waals surface area contributed by atoms with Crippen LogP contribution in [0.4, 0.5) is 26.3 Å². The van der Waals surface area contributed by atoms with Crippen molar-refractivity contribution in [2.75, 3.05) is 6.54 Å². The summed E-state index contributed by atoms with van der Waals surface area (Å²) in [5.41, 5.74) is 2.04. The number of nitrogens with zero attached hydrogens (tertiary/aromatic N) is 2. The van der Waals surface area contributed by atoms with Crippen LogP contribution in [-0.2, 0) is 27.4 Å². The van der Waals surface area contributed by atoms with Crippen LogP contribution >= 0.6 is 0 Å². The van der Waals surface area contributed by atoms with E-state index in [0.29, 0.717) is 22.6 Å². The molecule has 0 saturated carbocycles. The summed E-state index contributed by atoms with van der Waals surface area (Å²) in [5.74, 6) is -0.838. The molecule has 1 saturated heterocycles. The summed E-state index contributed by atoms with van der Waals surface area (Å²) in [5, 5.41) is 7.13. The van der Waals surface area contributed by atoms with Crippen molar-refractivity contribution in [2.24, 2.45) is 5.92 Å². The number of aromatic nitrogens is 2. The van der Waals surface area contributed by atoms with Crippen LogP contribution in [0.5, 0.6) is 0 Å². The normalized spacial score (nSPS) is 16.3. The Bertz CT molecular complexity index is 1260. The SMILES string of the molecule is O=C1C[C@H](C(=O)Cc2cc(-c3cccc(COC(C(F)(F)F)C(F)(F)F)c3)n(-c3ccccc3)n2)CN1. The zero-order valence-electron chi connectivity index (χ0n) is 19.1. The maximum absolute atomic E-state index is 12.8. The lowest BCUT2D eigenvalue weighted by Crippen LogP contribution is -2.44. The summed E-state index contributed by atoms with van der Waals surface area (Å²) >= 11 is 0. The summed E-state index contributed by atoms with van der Waals surface area (Å²) in [6.07, 6.45) is -15.1.